The van der Waals surface area contributed by atoms with Crippen LogP contribution in [-0.2, 0) is 10.0 Å². The smallest absolute Gasteiger partial charge is 0.243 e. The van der Waals surface area contributed by atoms with Crippen LogP contribution in [0.1, 0.15) is 26.3 Å². The Morgan fingerprint density at radius 2 is 2.05 bits per heavy atom. The second-order valence-corrected chi connectivity index (χ2v) is 7.90. The molecule has 0 heterocycles. The molecule has 0 aliphatic heterocycles. The number of halogens is 1. The predicted octanol–water partition coefficient (Wildman–Crippen LogP) is 2.21. The van der Waals surface area contributed by atoms with Gasteiger partial charge in [0.2, 0.25) is 10.0 Å². The first kappa shape index (κ1) is 17.9. The van der Waals surface area contributed by atoms with Crippen molar-refractivity contribution in [3.05, 3.63) is 28.8 Å². The number of nitrogens with two attached hydrogens (primary N) is 1. The van der Waals surface area contributed by atoms with Crippen LogP contribution in [0.15, 0.2) is 23.1 Å². The quantitative estimate of drug-likeness (QED) is 0.866. The normalized spacial score (nSPS) is 12.4. The largest absolute Gasteiger partial charge is 0.330 e. The average Bonchev–Trinajstić information content (AvgIpc) is 2.44. The van der Waals surface area contributed by atoms with E-state index in [1.807, 2.05) is 19.9 Å². The van der Waals surface area contributed by atoms with Gasteiger partial charge >= 0.3 is 0 Å². The fourth-order valence-corrected chi connectivity index (χ4v) is 3.76. The van der Waals surface area contributed by atoms with Crippen molar-refractivity contribution in [1.29, 1.82) is 5.26 Å². The molecular formula is C14H20ClN3O2S. The molecule has 1 rings (SSSR count). The molecule has 0 saturated heterocycles. The van der Waals surface area contributed by atoms with Crippen LogP contribution in [0.3, 0.4) is 0 Å². The van der Waals surface area contributed by atoms with Gasteiger partial charge in [-0.1, -0.05) is 32.4 Å². The maximum atomic E-state index is 12.7. The van der Waals surface area contributed by atoms with Gasteiger partial charge in [0, 0.05) is 13.1 Å². The van der Waals surface area contributed by atoms with Crippen LogP contribution in [-0.4, -0.2) is 32.4 Å². The summed E-state index contributed by atoms with van der Waals surface area (Å²) in [5, 5.41) is 8.98. The Morgan fingerprint density at radius 3 is 2.48 bits per heavy atom. The van der Waals surface area contributed by atoms with Gasteiger partial charge in [-0.2, -0.15) is 9.57 Å². The first-order chi connectivity index (χ1) is 9.67. The predicted molar refractivity (Wildman–Crippen MR) is 83.4 cm³/mol. The third kappa shape index (κ3) is 4.17. The molecule has 116 valence electrons. The molecule has 7 heteroatoms. The molecule has 5 nitrogen and oxygen atoms in total. The lowest BCUT2D eigenvalue weighted by atomic mass is 9.94. The monoisotopic (exact) mass is 329 g/mol. The number of benzene rings is 1. The molecule has 0 saturated carbocycles. The molecule has 0 atom stereocenters. The zero-order chi connectivity index (χ0) is 16.3. The number of rotatable bonds is 6. The number of sulfonamides is 1. The highest BCUT2D eigenvalue weighted by Crippen LogP contribution is 2.25. The van der Waals surface area contributed by atoms with Gasteiger partial charge in [-0.25, -0.2) is 8.42 Å². The fourth-order valence-electron chi connectivity index (χ4n) is 1.80. The maximum absolute atomic E-state index is 12.7. The minimum Gasteiger partial charge on any atom is -0.330 e. The van der Waals surface area contributed by atoms with E-state index in [4.69, 9.17) is 22.6 Å². The van der Waals surface area contributed by atoms with Crippen molar-refractivity contribution in [1.82, 2.24) is 4.31 Å². The molecular weight excluding hydrogens is 310 g/mol. The second-order valence-electron chi connectivity index (χ2n) is 5.55. The SMILES string of the molecule is CCN(CC(C)(C)CN)S(=O)(=O)c1ccc(C#N)c(Cl)c1. The van der Waals surface area contributed by atoms with Crippen molar-refractivity contribution < 1.29 is 8.42 Å². The lowest BCUT2D eigenvalue weighted by molar-refractivity contribution is 0.273. The van der Waals surface area contributed by atoms with E-state index in [2.05, 4.69) is 0 Å². The summed E-state index contributed by atoms with van der Waals surface area (Å²) in [4.78, 5) is 0.0844. The van der Waals surface area contributed by atoms with Crippen molar-refractivity contribution in [3.8, 4) is 6.07 Å². The topological polar surface area (TPSA) is 87.2 Å². The van der Waals surface area contributed by atoms with Gasteiger partial charge < -0.3 is 5.73 Å². The minimum atomic E-state index is -3.66. The van der Waals surface area contributed by atoms with Crippen molar-refractivity contribution in [2.45, 2.75) is 25.7 Å². The third-order valence-electron chi connectivity index (χ3n) is 3.21. The van der Waals surface area contributed by atoms with Crippen molar-refractivity contribution >= 4 is 21.6 Å². The summed E-state index contributed by atoms with van der Waals surface area (Å²) in [6, 6.07) is 6.04. The molecule has 0 bridgehead atoms. The van der Waals surface area contributed by atoms with E-state index < -0.39 is 10.0 Å². The van der Waals surface area contributed by atoms with Crippen molar-refractivity contribution in [3.63, 3.8) is 0 Å². The van der Waals surface area contributed by atoms with E-state index in [1.54, 1.807) is 6.92 Å². The van der Waals surface area contributed by atoms with Gasteiger partial charge in [-0.3, -0.25) is 0 Å². The first-order valence-electron chi connectivity index (χ1n) is 6.58. The molecule has 0 aliphatic carbocycles. The summed E-state index contributed by atoms with van der Waals surface area (Å²) < 4.78 is 26.7. The number of hydrogen-bond donors (Lipinski definition) is 1. The summed E-state index contributed by atoms with van der Waals surface area (Å²) >= 11 is 5.92. The van der Waals surface area contributed by atoms with Crippen LogP contribution >= 0.6 is 11.6 Å². The Kier molecular flexibility index (Phi) is 5.76. The van der Waals surface area contributed by atoms with Crippen molar-refractivity contribution in [2.75, 3.05) is 19.6 Å². The first-order valence-corrected chi connectivity index (χ1v) is 8.39. The van der Waals surface area contributed by atoms with Crippen LogP contribution < -0.4 is 5.73 Å². The fraction of sp³-hybridized carbons (Fsp3) is 0.500. The summed E-state index contributed by atoms with van der Waals surface area (Å²) in [5.41, 5.74) is 5.61. The molecule has 0 amide bonds. The Hall–Kier alpha value is -1.13. The Morgan fingerprint density at radius 1 is 1.43 bits per heavy atom. The lowest BCUT2D eigenvalue weighted by Gasteiger charge is -2.30. The second kappa shape index (κ2) is 6.75. The molecule has 0 aliphatic rings. The van der Waals surface area contributed by atoms with E-state index in [0.29, 0.717) is 19.6 Å². The standard InChI is InChI=1S/C14H20ClN3O2S/c1-4-18(10-14(2,3)9-17)21(19,20)12-6-5-11(8-16)13(15)7-12/h5-7H,4,9-10,17H2,1-3H3. The minimum absolute atomic E-state index is 0.0844. The highest BCUT2D eigenvalue weighted by Gasteiger charge is 2.29. The van der Waals surface area contributed by atoms with Crippen LogP contribution in [0.5, 0.6) is 0 Å². The van der Waals surface area contributed by atoms with Crippen LogP contribution in [0.4, 0.5) is 0 Å². The Bertz CT molecular complexity index is 651. The van der Waals surface area contributed by atoms with Gasteiger partial charge in [0.25, 0.3) is 0 Å². The van der Waals surface area contributed by atoms with E-state index >= 15 is 0 Å². The summed E-state index contributed by atoms with van der Waals surface area (Å²) in [6.45, 7) is 6.64. The zero-order valence-corrected chi connectivity index (χ0v) is 14.0. The van der Waals surface area contributed by atoms with Gasteiger partial charge in [-0.15, -0.1) is 0 Å². The van der Waals surface area contributed by atoms with Gasteiger partial charge in [0.15, 0.2) is 0 Å². The van der Waals surface area contributed by atoms with Gasteiger partial charge in [0.1, 0.15) is 6.07 Å². The summed E-state index contributed by atoms with van der Waals surface area (Å²) in [7, 11) is -3.66. The van der Waals surface area contributed by atoms with Crippen LogP contribution in [0.25, 0.3) is 0 Å². The van der Waals surface area contributed by atoms with Gasteiger partial charge in [0.05, 0.1) is 15.5 Å². The summed E-state index contributed by atoms with van der Waals surface area (Å²) in [6.07, 6.45) is 0. The number of hydrogen-bond acceptors (Lipinski definition) is 4. The Balaban J connectivity index is 3.20. The average molecular weight is 330 g/mol. The highest BCUT2D eigenvalue weighted by atomic mass is 35.5. The van der Waals surface area contributed by atoms with Crippen LogP contribution in [0, 0.1) is 16.7 Å². The Labute approximate surface area is 131 Å². The molecule has 0 fully saturated rings. The molecule has 0 spiro atoms. The van der Waals surface area contributed by atoms with Gasteiger partial charge in [-0.05, 0) is 30.2 Å². The molecule has 0 radical (unpaired) electrons. The molecule has 21 heavy (non-hydrogen) atoms. The molecule has 1 aromatic carbocycles. The maximum Gasteiger partial charge on any atom is 0.243 e. The summed E-state index contributed by atoms with van der Waals surface area (Å²) in [5.74, 6) is 0. The third-order valence-corrected chi connectivity index (χ3v) is 5.44. The number of nitriles is 1. The molecule has 0 unspecified atom stereocenters. The van der Waals surface area contributed by atoms with E-state index in [9.17, 15) is 8.42 Å². The molecule has 0 aromatic heterocycles. The number of nitrogens with zero attached hydrogens (tertiary/aromatic N) is 2. The van der Waals surface area contributed by atoms with Crippen molar-refractivity contribution in [2.24, 2.45) is 11.1 Å². The van der Waals surface area contributed by atoms with E-state index in [-0.39, 0.29) is 20.9 Å². The highest BCUT2D eigenvalue weighted by molar-refractivity contribution is 7.89. The zero-order valence-electron chi connectivity index (χ0n) is 12.4. The molecule has 1 aromatic rings. The van der Waals surface area contributed by atoms with E-state index in [0.717, 1.165) is 0 Å². The molecule has 2 N–H and O–H groups in total. The van der Waals surface area contributed by atoms with Crippen LogP contribution in [0.2, 0.25) is 5.02 Å². The van der Waals surface area contributed by atoms with E-state index in [1.165, 1.54) is 22.5 Å². The lowest BCUT2D eigenvalue weighted by Crippen LogP contribution is -2.41.